The molecule has 1 heterocycles. The lowest BCUT2D eigenvalue weighted by Crippen LogP contribution is -2.41. The van der Waals surface area contributed by atoms with Crippen LogP contribution in [0.2, 0.25) is 0 Å². The van der Waals surface area contributed by atoms with Gasteiger partial charge in [-0.3, -0.25) is 4.79 Å². The third kappa shape index (κ3) is 3.14. The average molecular weight is 263 g/mol. The third-order valence-corrected chi connectivity index (χ3v) is 3.80. The number of likely N-dealkylation sites (tertiary alicyclic amines) is 1. The predicted molar refractivity (Wildman–Crippen MR) is 72.5 cm³/mol. The number of rotatable bonds is 4. The lowest BCUT2D eigenvalue weighted by molar-refractivity contribution is -0.137. The Kier molecular flexibility index (Phi) is 4.22. The summed E-state index contributed by atoms with van der Waals surface area (Å²) in [5.74, 6) is -0.0922. The molecule has 2 N–H and O–H groups in total. The highest BCUT2D eigenvalue weighted by molar-refractivity contribution is 5.78. The van der Waals surface area contributed by atoms with Crippen molar-refractivity contribution < 1.29 is 15.0 Å². The zero-order valence-corrected chi connectivity index (χ0v) is 11.2. The van der Waals surface area contributed by atoms with Crippen LogP contribution in [-0.2, 0) is 10.4 Å². The summed E-state index contributed by atoms with van der Waals surface area (Å²) in [6.07, 6.45) is 1.81. The quantitative estimate of drug-likeness (QED) is 0.860. The van der Waals surface area contributed by atoms with Gasteiger partial charge in [0.15, 0.2) is 0 Å². The maximum atomic E-state index is 12.3. The van der Waals surface area contributed by atoms with Crippen molar-refractivity contribution in [3.05, 3.63) is 35.9 Å². The molecule has 1 aromatic carbocycles. The van der Waals surface area contributed by atoms with Gasteiger partial charge in [-0.15, -0.1) is 0 Å². The van der Waals surface area contributed by atoms with Crippen molar-refractivity contribution in [3.8, 4) is 0 Å². The van der Waals surface area contributed by atoms with Gasteiger partial charge in [0, 0.05) is 6.54 Å². The number of hydrogen-bond donors (Lipinski definition) is 2. The molecule has 1 aliphatic rings. The van der Waals surface area contributed by atoms with E-state index in [9.17, 15) is 15.0 Å². The summed E-state index contributed by atoms with van der Waals surface area (Å²) in [5, 5.41) is 19.7. The first-order valence-corrected chi connectivity index (χ1v) is 6.73. The molecule has 0 aliphatic carbocycles. The van der Waals surface area contributed by atoms with E-state index >= 15 is 0 Å². The van der Waals surface area contributed by atoms with E-state index in [0.717, 1.165) is 18.4 Å². The number of amides is 1. The van der Waals surface area contributed by atoms with E-state index in [1.807, 2.05) is 30.3 Å². The van der Waals surface area contributed by atoms with Crippen LogP contribution in [0.25, 0.3) is 0 Å². The van der Waals surface area contributed by atoms with Crippen LogP contribution in [0.15, 0.2) is 30.3 Å². The number of carbonyl (C=O) groups excluding carboxylic acids is 1. The largest absolute Gasteiger partial charge is 0.394 e. The van der Waals surface area contributed by atoms with Gasteiger partial charge >= 0.3 is 0 Å². The normalized spacial score (nSPS) is 22.3. The molecule has 0 spiro atoms. The minimum absolute atomic E-state index is 0.000774. The van der Waals surface area contributed by atoms with Gasteiger partial charge < -0.3 is 15.1 Å². The molecule has 0 aromatic heterocycles. The van der Waals surface area contributed by atoms with Crippen LogP contribution in [0, 0.1) is 0 Å². The van der Waals surface area contributed by atoms with E-state index in [2.05, 4.69) is 0 Å². The molecule has 2 rings (SSSR count). The standard InChI is InChI=1S/C15H21NO3/c1-15(19,12-6-3-2-4-7-12)10-14(18)16-9-5-8-13(16)11-17/h2-4,6-7,13,17,19H,5,8-11H2,1H3/t13-,15-/m1/s1. The highest BCUT2D eigenvalue weighted by atomic mass is 16.3. The second-order valence-electron chi connectivity index (χ2n) is 5.38. The molecule has 0 unspecified atom stereocenters. The topological polar surface area (TPSA) is 60.8 Å². The number of hydrogen-bond acceptors (Lipinski definition) is 3. The molecule has 1 fully saturated rings. The van der Waals surface area contributed by atoms with Gasteiger partial charge in [0.2, 0.25) is 5.91 Å². The van der Waals surface area contributed by atoms with Crippen molar-refractivity contribution in [1.82, 2.24) is 4.90 Å². The highest BCUT2D eigenvalue weighted by Crippen LogP contribution is 2.27. The molecule has 19 heavy (non-hydrogen) atoms. The summed E-state index contributed by atoms with van der Waals surface area (Å²) < 4.78 is 0. The zero-order chi connectivity index (χ0) is 13.9. The summed E-state index contributed by atoms with van der Waals surface area (Å²) >= 11 is 0. The Hall–Kier alpha value is -1.39. The Labute approximate surface area is 113 Å². The van der Waals surface area contributed by atoms with Crippen LogP contribution in [0.5, 0.6) is 0 Å². The molecule has 1 saturated heterocycles. The number of nitrogens with zero attached hydrogens (tertiary/aromatic N) is 1. The maximum absolute atomic E-state index is 12.3. The number of carbonyl (C=O) groups is 1. The fourth-order valence-corrected chi connectivity index (χ4v) is 2.65. The number of aliphatic hydroxyl groups is 2. The van der Waals surface area contributed by atoms with Crippen molar-refractivity contribution >= 4 is 5.91 Å². The van der Waals surface area contributed by atoms with E-state index in [1.54, 1.807) is 11.8 Å². The smallest absolute Gasteiger partial charge is 0.226 e. The van der Waals surface area contributed by atoms with Gasteiger partial charge in [0.25, 0.3) is 0 Å². The summed E-state index contributed by atoms with van der Waals surface area (Å²) in [7, 11) is 0. The highest BCUT2D eigenvalue weighted by Gasteiger charge is 2.33. The molecular weight excluding hydrogens is 242 g/mol. The van der Waals surface area contributed by atoms with E-state index in [4.69, 9.17) is 0 Å². The Balaban J connectivity index is 2.06. The number of benzene rings is 1. The molecule has 0 saturated carbocycles. The van der Waals surface area contributed by atoms with Gasteiger partial charge in [0.05, 0.1) is 24.7 Å². The Morgan fingerprint density at radius 2 is 2.11 bits per heavy atom. The van der Waals surface area contributed by atoms with Crippen LogP contribution in [-0.4, -0.2) is 40.2 Å². The Morgan fingerprint density at radius 1 is 1.42 bits per heavy atom. The first kappa shape index (κ1) is 14.0. The van der Waals surface area contributed by atoms with Crippen LogP contribution in [0.4, 0.5) is 0 Å². The summed E-state index contributed by atoms with van der Waals surface area (Å²) in [6, 6.07) is 9.13. The van der Waals surface area contributed by atoms with Gasteiger partial charge in [-0.1, -0.05) is 30.3 Å². The average Bonchev–Trinajstić information content (AvgIpc) is 2.87. The van der Waals surface area contributed by atoms with E-state index < -0.39 is 5.60 Å². The second-order valence-corrected chi connectivity index (χ2v) is 5.38. The fraction of sp³-hybridized carbons (Fsp3) is 0.533. The molecular formula is C15H21NO3. The van der Waals surface area contributed by atoms with Gasteiger partial charge in [-0.2, -0.15) is 0 Å². The molecule has 4 nitrogen and oxygen atoms in total. The van der Waals surface area contributed by atoms with Crippen molar-refractivity contribution in [3.63, 3.8) is 0 Å². The summed E-state index contributed by atoms with van der Waals surface area (Å²) in [5.41, 5.74) is -0.427. The molecule has 2 atom stereocenters. The maximum Gasteiger partial charge on any atom is 0.226 e. The van der Waals surface area contributed by atoms with Gasteiger partial charge in [-0.25, -0.2) is 0 Å². The van der Waals surface area contributed by atoms with Crippen molar-refractivity contribution in [2.24, 2.45) is 0 Å². The minimum atomic E-state index is -1.17. The van der Waals surface area contributed by atoms with E-state index in [-0.39, 0.29) is 25.0 Å². The zero-order valence-electron chi connectivity index (χ0n) is 11.2. The lowest BCUT2D eigenvalue weighted by atomic mass is 9.92. The first-order valence-electron chi connectivity index (χ1n) is 6.73. The summed E-state index contributed by atoms with van der Waals surface area (Å²) in [6.45, 7) is 2.33. The Bertz CT molecular complexity index is 430. The molecule has 4 heteroatoms. The van der Waals surface area contributed by atoms with Gasteiger partial charge in [-0.05, 0) is 25.3 Å². The van der Waals surface area contributed by atoms with E-state index in [1.165, 1.54) is 0 Å². The van der Waals surface area contributed by atoms with Crippen LogP contribution >= 0.6 is 0 Å². The monoisotopic (exact) mass is 263 g/mol. The van der Waals surface area contributed by atoms with Crippen LogP contribution in [0.1, 0.15) is 31.7 Å². The van der Waals surface area contributed by atoms with Crippen LogP contribution in [0.3, 0.4) is 0 Å². The molecule has 0 bridgehead atoms. The predicted octanol–water partition coefficient (Wildman–Crippen LogP) is 1.27. The SMILES string of the molecule is C[C@@](O)(CC(=O)N1CCC[C@@H]1CO)c1ccccc1. The van der Waals surface area contributed by atoms with Gasteiger partial charge in [0.1, 0.15) is 0 Å². The fourth-order valence-electron chi connectivity index (χ4n) is 2.65. The molecule has 1 aliphatic heterocycles. The first-order chi connectivity index (χ1) is 9.04. The third-order valence-electron chi connectivity index (χ3n) is 3.80. The molecule has 1 amide bonds. The number of aliphatic hydroxyl groups excluding tert-OH is 1. The lowest BCUT2D eigenvalue weighted by Gasteiger charge is -2.29. The summed E-state index contributed by atoms with van der Waals surface area (Å²) in [4.78, 5) is 14.0. The van der Waals surface area contributed by atoms with Crippen molar-refractivity contribution in [2.45, 2.75) is 37.8 Å². The van der Waals surface area contributed by atoms with Crippen LogP contribution < -0.4 is 0 Å². The Morgan fingerprint density at radius 3 is 2.74 bits per heavy atom. The molecule has 1 aromatic rings. The molecule has 0 radical (unpaired) electrons. The minimum Gasteiger partial charge on any atom is -0.394 e. The van der Waals surface area contributed by atoms with Crippen molar-refractivity contribution in [2.75, 3.05) is 13.2 Å². The van der Waals surface area contributed by atoms with Crippen molar-refractivity contribution in [1.29, 1.82) is 0 Å². The second kappa shape index (κ2) is 5.72. The molecule has 104 valence electrons. The van der Waals surface area contributed by atoms with E-state index in [0.29, 0.717) is 6.54 Å².